The van der Waals surface area contributed by atoms with Gasteiger partial charge < -0.3 is 20.3 Å². The van der Waals surface area contributed by atoms with Gasteiger partial charge in [0.1, 0.15) is 17.9 Å². The summed E-state index contributed by atoms with van der Waals surface area (Å²) < 4.78 is 5.88. The lowest BCUT2D eigenvalue weighted by Crippen LogP contribution is -2.54. The number of anilines is 2. The SMILES string of the molecule is CCCNC(=O)[C@@H]1CN([C@@H](C)C(=O)Nc2ccccc2C#N)c2ccccc2O1. The number of carbonyl (C=O) groups is 2. The average Bonchev–Trinajstić information content (AvgIpc) is 2.76. The zero-order chi connectivity index (χ0) is 20.8. The number of nitrogens with zero attached hydrogens (tertiary/aromatic N) is 2. The van der Waals surface area contributed by atoms with Gasteiger partial charge in [-0.15, -0.1) is 0 Å². The molecule has 150 valence electrons. The number of hydrogen-bond acceptors (Lipinski definition) is 5. The number of para-hydroxylation sites is 3. The van der Waals surface area contributed by atoms with Crippen LogP contribution in [0, 0.1) is 11.3 Å². The summed E-state index contributed by atoms with van der Waals surface area (Å²) >= 11 is 0. The van der Waals surface area contributed by atoms with E-state index in [0.29, 0.717) is 23.5 Å². The minimum Gasteiger partial charge on any atom is -0.477 e. The third-order valence-electron chi connectivity index (χ3n) is 4.80. The summed E-state index contributed by atoms with van der Waals surface area (Å²) in [4.78, 5) is 27.3. The molecular formula is C22H24N4O3. The van der Waals surface area contributed by atoms with Crippen molar-refractivity contribution >= 4 is 23.2 Å². The molecule has 2 atom stereocenters. The van der Waals surface area contributed by atoms with Crippen LogP contribution < -0.4 is 20.3 Å². The second kappa shape index (κ2) is 9.11. The molecule has 2 N–H and O–H groups in total. The number of rotatable bonds is 6. The predicted molar refractivity (Wildman–Crippen MR) is 111 cm³/mol. The number of nitriles is 1. The van der Waals surface area contributed by atoms with E-state index in [-0.39, 0.29) is 18.4 Å². The first kappa shape index (κ1) is 20.2. The molecular weight excluding hydrogens is 368 g/mol. The van der Waals surface area contributed by atoms with Gasteiger partial charge in [-0.2, -0.15) is 5.26 Å². The molecule has 2 amide bonds. The van der Waals surface area contributed by atoms with Gasteiger partial charge >= 0.3 is 0 Å². The standard InChI is InChI=1S/C22H24N4O3/c1-3-12-24-22(28)20-14-26(18-10-6-7-11-19(18)29-20)15(2)21(27)25-17-9-5-4-8-16(17)13-23/h4-11,15,20H,3,12,14H2,1-2H3,(H,24,28)(H,25,27)/t15-,20-/m0/s1. The van der Waals surface area contributed by atoms with Crippen LogP contribution in [0.5, 0.6) is 5.75 Å². The van der Waals surface area contributed by atoms with E-state index >= 15 is 0 Å². The summed E-state index contributed by atoms with van der Waals surface area (Å²) in [6.45, 7) is 4.57. The van der Waals surface area contributed by atoms with Gasteiger partial charge in [0.2, 0.25) is 5.91 Å². The van der Waals surface area contributed by atoms with Gasteiger partial charge in [-0.25, -0.2) is 0 Å². The van der Waals surface area contributed by atoms with Crippen molar-refractivity contribution in [3.63, 3.8) is 0 Å². The molecule has 0 unspecified atom stereocenters. The average molecular weight is 392 g/mol. The molecule has 7 heteroatoms. The van der Waals surface area contributed by atoms with Crippen LogP contribution in [0.1, 0.15) is 25.8 Å². The zero-order valence-corrected chi connectivity index (χ0v) is 16.5. The van der Waals surface area contributed by atoms with Gasteiger partial charge in [0, 0.05) is 6.54 Å². The molecule has 7 nitrogen and oxygen atoms in total. The lowest BCUT2D eigenvalue weighted by Gasteiger charge is -2.38. The van der Waals surface area contributed by atoms with Crippen LogP contribution >= 0.6 is 0 Å². The largest absolute Gasteiger partial charge is 0.477 e. The summed E-state index contributed by atoms with van der Waals surface area (Å²) in [5.74, 6) is 0.0957. The number of fused-ring (bicyclic) bond motifs is 1. The maximum absolute atomic E-state index is 12.9. The molecule has 1 aliphatic rings. The molecule has 3 rings (SSSR count). The van der Waals surface area contributed by atoms with Crippen molar-refractivity contribution in [1.29, 1.82) is 5.26 Å². The maximum atomic E-state index is 12.9. The first-order valence-corrected chi connectivity index (χ1v) is 9.65. The Morgan fingerprint density at radius 3 is 2.72 bits per heavy atom. The normalized spacial score (nSPS) is 16.0. The van der Waals surface area contributed by atoms with Crippen molar-refractivity contribution in [2.75, 3.05) is 23.3 Å². The third-order valence-corrected chi connectivity index (χ3v) is 4.80. The number of hydrogen-bond donors (Lipinski definition) is 2. The first-order valence-electron chi connectivity index (χ1n) is 9.65. The van der Waals surface area contributed by atoms with E-state index in [0.717, 1.165) is 12.1 Å². The molecule has 0 bridgehead atoms. The molecule has 0 radical (unpaired) electrons. The van der Waals surface area contributed by atoms with E-state index in [1.54, 1.807) is 37.3 Å². The molecule has 0 fully saturated rings. The van der Waals surface area contributed by atoms with Crippen LogP contribution in [0.25, 0.3) is 0 Å². The summed E-state index contributed by atoms with van der Waals surface area (Å²) in [6, 6.07) is 15.7. The second-order valence-electron chi connectivity index (χ2n) is 6.84. The highest BCUT2D eigenvalue weighted by Crippen LogP contribution is 2.34. The van der Waals surface area contributed by atoms with Crippen molar-refractivity contribution in [2.24, 2.45) is 0 Å². The minimum atomic E-state index is -0.710. The maximum Gasteiger partial charge on any atom is 0.262 e. The molecule has 0 aromatic heterocycles. The van der Waals surface area contributed by atoms with Crippen molar-refractivity contribution < 1.29 is 14.3 Å². The van der Waals surface area contributed by atoms with Crippen molar-refractivity contribution in [2.45, 2.75) is 32.4 Å². The number of benzene rings is 2. The molecule has 0 saturated heterocycles. The molecule has 29 heavy (non-hydrogen) atoms. The van der Waals surface area contributed by atoms with Gasteiger partial charge in [-0.1, -0.05) is 31.2 Å². The second-order valence-corrected chi connectivity index (χ2v) is 6.84. The van der Waals surface area contributed by atoms with Crippen molar-refractivity contribution in [1.82, 2.24) is 5.32 Å². The summed E-state index contributed by atoms with van der Waals surface area (Å²) in [5, 5.41) is 14.9. The molecule has 1 heterocycles. The highest BCUT2D eigenvalue weighted by molar-refractivity contribution is 5.98. The Morgan fingerprint density at radius 1 is 1.24 bits per heavy atom. The topological polar surface area (TPSA) is 94.5 Å². The molecule has 1 aliphatic heterocycles. The summed E-state index contributed by atoms with van der Waals surface area (Å²) in [5.41, 5.74) is 1.61. The molecule has 2 aromatic rings. The number of carbonyl (C=O) groups excluding carboxylic acids is 2. The Balaban J connectivity index is 1.82. The van der Waals surface area contributed by atoms with Crippen LogP contribution in [-0.2, 0) is 9.59 Å². The summed E-state index contributed by atoms with van der Waals surface area (Å²) in [6.07, 6.45) is 0.119. The van der Waals surface area contributed by atoms with E-state index in [9.17, 15) is 14.9 Å². The fourth-order valence-corrected chi connectivity index (χ4v) is 3.20. The smallest absolute Gasteiger partial charge is 0.262 e. The zero-order valence-electron chi connectivity index (χ0n) is 16.5. The highest BCUT2D eigenvalue weighted by Gasteiger charge is 2.35. The number of ether oxygens (including phenoxy) is 1. The van der Waals surface area contributed by atoms with Crippen LogP contribution in [0.4, 0.5) is 11.4 Å². The van der Waals surface area contributed by atoms with Crippen LogP contribution in [0.2, 0.25) is 0 Å². The number of nitrogens with one attached hydrogen (secondary N) is 2. The van der Waals surface area contributed by atoms with Gasteiger partial charge in [0.25, 0.3) is 5.91 Å². The Kier molecular flexibility index (Phi) is 6.35. The Labute approximate surface area is 170 Å². The van der Waals surface area contributed by atoms with Crippen LogP contribution in [-0.4, -0.2) is 37.0 Å². The van der Waals surface area contributed by atoms with E-state index in [1.807, 2.05) is 30.0 Å². The quantitative estimate of drug-likeness (QED) is 0.788. The fraction of sp³-hybridized carbons (Fsp3) is 0.318. The van der Waals surface area contributed by atoms with Gasteiger partial charge in [-0.05, 0) is 37.6 Å². The van der Waals surface area contributed by atoms with Gasteiger partial charge in [0.15, 0.2) is 6.10 Å². The Morgan fingerprint density at radius 2 is 1.97 bits per heavy atom. The highest BCUT2D eigenvalue weighted by atomic mass is 16.5. The number of amides is 2. The molecule has 0 aliphatic carbocycles. The minimum absolute atomic E-state index is 0.200. The van der Waals surface area contributed by atoms with E-state index < -0.39 is 12.1 Å². The molecule has 0 saturated carbocycles. The Hall–Kier alpha value is -3.53. The first-order chi connectivity index (χ1) is 14.0. The Bertz CT molecular complexity index is 938. The fourth-order valence-electron chi connectivity index (χ4n) is 3.20. The van der Waals surface area contributed by atoms with Gasteiger partial charge in [0.05, 0.1) is 23.5 Å². The van der Waals surface area contributed by atoms with Crippen LogP contribution in [0.3, 0.4) is 0 Å². The van der Waals surface area contributed by atoms with Gasteiger partial charge in [-0.3, -0.25) is 9.59 Å². The lowest BCUT2D eigenvalue weighted by atomic mass is 10.1. The lowest BCUT2D eigenvalue weighted by molar-refractivity contribution is -0.128. The van der Waals surface area contributed by atoms with Crippen molar-refractivity contribution in [3.05, 3.63) is 54.1 Å². The molecule has 2 aromatic carbocycles. The summed E-state index contributed by atoms with van der Waals surface area (Å²) in [7, 11) is 0. The molecule has 0 spiro atoms. The van der Waals surface area contributed by atoms with Crippen LogP contribution in [0.15, 0.2) is 48.5 Å². The van der Waals surface area contributed by atoms with Crippen molar-refractivity contribution in [3.8, 4) is 11.8 Å². The third kappa shape index (κ3) is 4.49. The van der Waals surface area contributed by atoms with E-state index in [1.165, 1.54) is 0 Å². The van der Waals surface area contributed by atoms with E-state index in [4.69, 9.17) is 4.74 Å². The van der Waals surface area contributed by atoms with E-state index in [2.05, 4.69) is 16.7 Å². The predicted octanol–water partition coefficient (Wildman–Crippen LogP) is 2.68. The monoisotopic (exact) mass is 392 g/mol.